The van der Waals surface area contributed by atoms with Gasteiger partial charge < -0.3 is 5.32 Å². The van der Waals surface area contributed by atoms with Crippen LogP contribution in [0.5, 0.6) is 0 Å². The Balaban J connectivity index is 1.84. The van der Waals surface area contributed by atoms with E-state index in [1.54, 1.807) is 34.6 Å². The van der Waals surface area contributed by atoms with Gasteiger partial charge in [-0.25, -0.2) is 8.42 Å². The number of benzene rings is 2. The summed E-state index contributed by atoms with van der Waals surface area (Å²) < 4.78 is 28.3. The SMILES string of the molecule is CC1CCCCN1S(=O)(=O)c1cccc(C(=O)Nc2cccc(Br)c2)c1. The van der Waals surface area contributed by atoms with Gasteiger partial charge in [-0.15, -0.1) is 0 Å². The van der Waals surface area contributed by atoms with E-state index in [2.05, 4.69) is 21.2 Å². The molecule has 1 aliphatic heterocycles. The lowest BCUT2D eigenvalue weighted by atomic mass is 10.1. The van der Waals surface area contributed by atoms with E-state index in [9.17, 15) is 13.2 Å². The monoisotopic (exact) mass is 436 g/mol. The summed E-state index contributed by atoms with van der Waals surface area (Å²) in [4.78, 5) is 12.7. The minimum atomic E-state index is -3.60. The highest BCUT2D eigenvalue weighted by atomic mass is 79.9. The number of carbonyl (C=O) groups excluding carboxylic acids is 1. The van der Waals surface area contributed by atoms with Crippen molar-refractivity contribution in [3.05, 3.63) is 58.6 Å². The Bertz CT molecular complexity index is 915. The molecule has 138 valence electrons. The van der Waals surface area contributed by atoms with Gasteiger partial charge in [0.15, 0.2) is 0 Å². The molecule has 1 aliphatic rings. The second-order valence-corrected chi connectivity index (χ2v) is 9.26. The first-order valence-electron chi connectivity index (χ1n) is 8.57. The summed E-state index contributed by atoms with van der Waals surface area (Å²) in [6.07, 6.45) is 2.77. The fourth-order valence-electron chi connectivity index (χ4n) is 3.13. The van der Waals surface area contributed by atoms with Crippen molar-refractivity contribution in [2.45, 2.75) is 37.1 Å². The van der Waals surface area contributed by atoms with Gasteiger partial charge in [-0.05, 0) is 56.2 Å². The molecule has 1 fully saturated rings. The lowest BCUT2D eigenvalue weighted by molar-refractivity contribution is 0.102. The molecule has 2 aromatic rings. The van der Waals surface area contributed by atoms with Gasteiger partial charge in [0.25, 0.3) is 5.91 Å². The molecule has 0 bridgehead atoms. The lowest BCUT2D eigenvalue weighted by Gasteiger charge is -2.32. The number of halogens is 1. The van der Waals surface area contributed by atoms with Crippen LogP contribution in [0.25, 0.3) is 0 Å². The van der Waals surface area contributed by atoms with E-state index in [0.717, 1.165) is 23.7 Å². The van der Waals surface area contributed by atoms with Gasteiger partial charge in [0.2, 0.25) is 10.0 Å². The summed E-state index contributed by atoms with van der Waals surface area (Å²) in [5.41, 5.74) is 0.956. The van der Waals surface area contributed by atoms with E-state index in [1.165, 1.54) is 6.07 Å². The van der Waals surface area contributed by atoms with E-state index in [4.69, 9.17) is 0 Å². The van der Waals surface area contributed by atoms with E-state index in [1.807, 2.05) is 19.1 Å². The van der Waals surface area contributed by atoms with Crippen LogP contribution in [0.4, 0.5) is 5.69 Å². The first kappa shape index (κ1) is 19.1. The highest BCUT2D eigenvalue weighted by Crippen LogP contribution is 2.26. The third kappa shape index (κ3) is 4.16. The van der Waals surface area contributed by atoms with Crippen molar-refractivity contribution in [2.75, 3.05) is 11.9 Å². The van der Waals surface area contributed by atoms with Gasteiger partial charge in [-0.1, -0.05) is 34.5 Å². The van der Waals surface area contributed by atoms with Gasteiger partial charge in [-0.3, -0.25) is 4.79 Å². The number of nitrogens with one attached hydrogen (secondary N) is 1. The second-order valence-electron chi connectivity index (χ2n) is 6.45. The Morgan fingerprint density at radius 2 is 1.92 bits per heavy atom. The third-order valence-electron chi connectivity index (χ3n) is 4.53. The van der Waals surface area contributed by atoms with Crippen LogP contribution in [-0.4, -0.2) is 31.2 Å². The maximum Gasteiger partial charge on any atom is 0.255 e. The second kappa shape index (κ2) is 7.90. The van der Waals surface area contributed by atoms with Crippen LogP contribution in [0.15, 0.2) is 57.9 Å². The van der Waals surface area contributed by atoms with E-state index in [-0.39, 0.29) is 16.8 Å². The molecule has 1 atom stereocenters. The van der Waals surface area contributed by atoms with Gasteiger partial charge in [0.05, 0.1) is 4.90 Å². The number of sulfonamides is 1. The summed E-state index contributed by atoms with van der Waals surface area (Å²) >= 11 is 3.36. The largest absolute Gasteiger partial charge is 0.322 e. The molecule has 26 heavy (non-hydrogen) atoms. The molecule has 0 spiro atoms. The molecule has 0 radical (unpaired) electrons. The number of hydrogen-bond donors (Lipinski definition) is 1. The van der Waals surface area contributed by atoms with Crippen molar-refractivity contribution in [3.8, 4) is 0 Å². The van der Waals surface area contributed by atoms with Crippen molar-refractivity contribution in [3.63, 3.8) is 0 Å². The quantitative estimate of drug-likeness (QED) is 0.777. The van der Waals surface area contributed by atoms with E-state index >= 15 is 0 Å². The first-order chi connectivity index (χ1) is 12.4. The maximum atomic E-state index is 13.0. The van der Waals surface area contributed by atoms with Crippen molar-refractivity contribution >= 4 is 37.5 Å². The average Bonchev–Trinajstić information content (AvgIpc) is 2.62. The standard InChI is InChI=1S/C19H21BrN2O3S/c1-14-6-2-3-11-22(14)26(24,25)18-10-4-7-15(12-18)19(23)21-17-9-5-8-16(20)13-17/h4-5,7-10,12-14H,2-3,6,11H2,1H3,(H,21,23). The van der Waals surface area contributed by atoms with Gasteiger partial charge in [0.1, 0.15) is 0 Å². The molecule has 1 amide bonds. The summed E-state index contributed by atoms with van der Waals surface area (Å²) in [5.74, 6) is -0.341. The molecule has 2 aromatic carbocycles. The zero-order valence-electron chi connectivity index (χ0n) is 14.5. The predicted octanol–water partition coefficient (Wildman–Crippen LogP) is 4.26. The number of anilines is 1. The predicted molar refractivity (Wildman–Crippen MR) is 106 cm³/mol. The molecular formula is C19H21BrN2O3S. The van der Waals surface area contributed by atoms with Crippen molar-refractivity contribution < 1.29 is 13.2 Å². The van der Waals surface area contributed by atoms with Crippen LogP contribution in [0, 0.1) is 0 Å². The molecular weight excluding hydrogens is 416 g/mol. The number of carbonyl (C=O) groups is 1. The van der Waals surface area contributed by atoms with Crippen LogP contribution in [0.2, 0.25) is 0 Å². The van der Waals surface area contributed by atoms with E-state index in [0.29, 0.717) is 17.8 Å². The summed E-state index contributed by atoms with van der Waals surface area (Å²) in [6.45, 7) is 2.46. The minimum absolute atomic E-state index is 0.0205. The molecule has 1 unspecified atom stereocenters. The molecule has 0 saturated carbocycles. The summed E-state index contributed by atoms with van der Waals surface area (Å²) in [7, 11) is -3.60. The third-order valence-corrected chi connectivity index (χ3v) is 7.03. The van der Waals surface area contributed by atoms with E-state index < -0.39 is 10.0 Å². The molecule has 1 heterocycles. The van der Waals surface area contributed by atoms with Crippen molar-refractivity contribution in [1.82, 2.24) is 4.31 Å². The normalized spacial score (nSPS) is 18.5. The van der Waals surface area contributed by atoms with Crippen LogP contribution in [0.1, 0.15) is 36.5 Å². The topological polar surface area (TPSA) is 66.5 Å². The van der Waals surface area contributed by atoms with Crippen LogP contribution in [0.3, 0.4) is 0 Å². The Labute approximate surface area is 162 Å². The lowest BCUT2D eigenvalue weighted by Crippen LogP contribution is -2.41. The highest BCUT2D eigenvalue weighted by Gasteiger charge is 2.31. The van der Waals surface area contributed by atoms with Gasteiger partial charge >= 0.3 is 0 Å². The Morgan fingerprint density at radius 3 is 2.65 bits per heavy atom. The number of nitrogens with zero attached hydrogens (tertiary/aromatic N) is 1. The van der Waals surface area contributed by atoms with Crippen LogP contribution >= 0.6 is 15.9 Å². The number of piperidine rings is 1. The Hall–Kier alpha value is -1.70. The number of rotatable bonds is 4. The first-order valence-corrected chi connectivity index (χ1v) is 10.8. The zero-order chi connectivity index (χ0) is 18.7. The molecule has 0 aromatic heterocycles. The fraction of sp³-hybridized carbons (Fsp3) is 0.316. The average molecular weight is 437 g/mol. The molecule has 1 saturated heterocycles. The summed E-state index contributed by atoms with van der Waals surface area (Å²) in [5, 5.41) is 2.79. The molecule has 5 nitrogen and oxygen atoms in total. The number of amides is 1. The molecule has 0 aliphatic carbocycles. The maximum absolute atomic E-state index is 13.0. The Morgan fingerprint density at radius 1 is 1.15 bits per heavy atom. The Kier molecular flexibility index (Phi) is 5.79. The van der Waals surface area contributed by atoms with Crippen LogP contribution in [-0.2, 0) is 10.0 Å². The molecule has 7 heteroatoms. The van der Waals surface area contributed by atoms with Crippen molar-refractivity contribution in [1.29, 1.82) is 0 Å². The zero-order valence-corrected chi connectivity index (χ0v) is 16.9. The van der Waals surface area contributed by atoms with Crippen LogP contribution < -0.4 is 5.32 Å². The van der Waals surface area contributed by atoms with Gasteiger partial charge in [-0.2, -0.15) is 4.31 Å². The summed E-state index contributed by atoms with van der Waals surface area (Å²) in [6, 6.07) is 13.4. The van der Waals surface area contributed by atoms with Crippen molar-refractivity contribution in [2.24, 2.45) is 0 Å². The minimum Gasteiger partial charge on any atom is -0.322 e. The fourth-order valence-corrected chi connectivity index (χ4v) is 5.28. The molecule has 1 N–H and O–H groups in total. The van der Waals surface area contributed by atoms with Gasteiger partial charge in [0, 0.05) is 28.3 Å². The highest BCUT2D eigenvalue weighted by molar-refractivity contribution is 9.10. The number of hydrogen-bond acceptors (Lipinski definition) is 3. The molecule has 3 rings (SSSR count). The smallest absolute Gasteiger partial charge is 0.255 e.